The monoisotopic (exact) mass is 919 g/mol. The third kappa shape index (κ3) is 10.1. The third-order valence-electron chi connectivity index (χ3n) is 14.2. The fourth-order valence-corrected chi connectivity index (χ4v) is 9.80. The van der Waals surface area contributed by atoms with Gasteiger partial charge in [-0.1, -0.05) is 6.07 Å². The van der Waals surface area contributed by atoms with Crippen molar-refractivity contribution in [2.45, 2.75) is 78.0 Å². The fraction of sp³-hybridized carbons (Fsp3) is 0.407. The molecular formula is C54H66N10O4. The first-order chi connectivity index (χ1) is 32.8. The number of nitrogens with one attached hydrogen (secondary N) is 4. The number of hydrogen-bond donors (Lipinski definition) is 4. The Bertz CT molecular complexity index is 2820. The molecule has 2 saturated heterocycles. The maximum atomic E-state index is 14.5. The van der Waals surface area contributed by atoms with Crippen molar-refractivity contribution in [3.63, 3.8) is 0 Å². The van der Waals surface area contributed by atoms with Gasteiger partial charge in [-0.3, -0.25) is 19.0 Å². The highest BCUT2D eigenvalue weighted by molar-refractivity contribution is 5.98. The van der Waals surface area contributed by atoms with Crippen molar-refractivity contribution < 1.29 is 19.1 Å². The maximum Gasteiger partial charge on any atom is 0.252 e. The molecule has 2 aromatic heterocycles. The lowest BCUT2D eigenvalue weighted by atomic mass is 9.97. The van der Waals surface area contributed by atoms with Crippen LogP contribution in [0.2, 0.25) is 0 Å². The number of aromatic nitrogens is 4. The average Bonchev–Trinajstić information content (AvgIpc) is 3.89. The second kappa shape index (κ2) is 19.5. The molecule has 4 heterocycles. The highest BCUT2D eigenvalue weighted by Gasteiger charge is 2.45. The number of anilines is 2. The van der Waals surface area contributed by atoms with E-state index in [1.165, 1.54) is 0 Å². The van der Waals surface area contributed by atoms with Gasteiger partial charge in [0, 0.05) is 97.9 Å². The van der Waals surface area contributed by atoms with E-state index in [0.29, 0.717) is 29.2 Å². The van der Waals surface area contributed by atoms with Crippen LogP contribution in [0.3, 0.4) is 0 Å². The summed E-state index contributed by atoms with van der Waals surface area (Å²) in [7, 11) is 5.22. The predicted octanol–water partition coefficient (Wildman–Crippen LogP) is 7.67. The molecule has 9 rings (SSSR count). The number of piperazine rings is 1. The van der Waals surface area contributed by atoms with Crippen LogP contribution in [0.25, 0.3) is 22.3 Å². The van der Waals surface area contributed by atoms with Crippen LogP contribution < -0.4 is 40.5 Å². The molecule has 356 valence electrons. The summed E-state index contributed by atoms with van der Waals surface area (Å²) in [5, 5.41) is 23.2. The largest absolute Gasteiger partial charge is 0.497 e. The smallest absolute Gasteiger partial charge is 0.252 e. The van der Waals surface area contributed by atoms with Crippen LogP contribution in [0.15, 0.2) is 85.3 Å². The number of nitrogens with zero attached hydrogens (tertiary/aromatic N) is 6. The van der Waals surface area contributed by atoms with Gasteiger partial charge in [0.25, 0.3) is 11.8 Å². The number of carbonyl (C=O) groups excluding carboxylic acids is 2. The Kier molecular flexibility index (Phi) is 13.3. The first kappa shape index (κ1) is 46.5. The van der Waals surface area contributed by atoms with Crippen LogP contribution >= 0.6 is 0 Å². The molecule has 0 radical (unpaired) electrons. The Morgan fingerprint density at radius 2 is 1.43 bits per heavy atom. The van der Waals surface area contributed by atoms with E-state index in [1.54, 1.807) is 18.9 Å². The van der Waals surface area contributed by atoms with Crippen LogP contribution in [0, 0.1) is 20.8 Å². The van der Waals surface area contributed by atoms with Gasteiger partial charge in [0.05, 0.1) is 44.7 Å². The van der Waals surface area contributed by atoms with Gasteiger partial charge in [-0.2, -0.15) is 10.2 Å². The first-order valence-corrected chi connectivity index (χ1v) is 24.0. The molecule has 6 aromatic rings. The Balaban J connectivity index is 0.976. The van der Waals surface area contributed by atoms with Crippen molar-refractivity contribution in [1.82, 2.24) is 40.8 Å². The van der Waals surface area contributed by atoms with Crippen molar-refractivity contribution in [2.75, 3.05) is 69.8 Å². The van der Waals surface area contributed by atoms with Gasteiger partial charge < -0.3 is 40.5 Å². The predicted molar refractivity (Wildman–Crippen MR) is 269 cm³/mol. The van der Waals surface area contributed by atoms with Gasteiger partial charge in [-0.05, 0) is 160 Å². The molecule has 1 aliphatic carbocycles. The highest BCUT2D eigenvalue weighted by Crippen LogP contribution is 2.40. The zero-order valence-corrected chi connectivity index (χ0v) is 40.8. The quantitative estimate of drug-likeness (QED) is 0.0861. The highest BCUT2D eigenvalue weighted by atomic mass is 16.5. The topological polar surface area (TPSA) is 143 Å². The van der Waals surface area contributed by atoms with Crippen LogP contribution in [0.5, 0.6) is 11.5 Å². The average molecular weight is 919 g/mol. The van der Waals surface area contributed by atoms with Crippen molar-refractivity contribution in [3.05, 3.63) is 130 Å². The zero-order valence-electron chi connectivity index (χ0n) is 40.8. The molecule has 0 unspecified atom stereocenters. The summed E-state index contributed by atoms with van der Waals surface area (Å²) in [5.41, 5.74) is 13.0. The molecule has 3 aliphatic rings. The molecule has 68 heavy (non-hydrogen) atoms. The summed E-state index contributed by atoms with van der Waals surface area (Å²) in [5.74, 6) is 1.16. The summed E-state index contributed by atoms with van der Waals surface area (Å²) in [6.45, 7) is 17.0. The summed E-state index contributed by atoms with van der Waals surface area (Å²) in [6, 6.07) is 22.1. The van der Waals surface area contributed by atoms with E-state index in [0.717, 1.165) is 132 Å². The number of amides is 2. The fourth-order valence-electron chi connectivity index (χ4n) is 9.80. The van der Waals surface area contributed by atoms with Gasteiger partial charge in [0.15, 0.2) is 0 Å². The molecule has 2 atom stereocenters. The van der Waals surface area contributed by atoms with Crippen LogP contribution in [-0.4, -0.2) is 96.9 Å². The summed E-state index contributed by atoms with van der Waals surface area (Å²) in [4.78, 5) is 33.2. The minimum atomic E-state index is -0.309. The van der Waals surface area contributed by atoms with Crippen molar-refractivity contribution in [2.24, 2.45) is 7.05 Å². The van der Waals surface area contributed by atoms with Gasteiger partial charge in [-0.25, -0.2) is 0 Å². The van der Waals surface area contributed by atoms with E-state index in [4.69, 9.17) is 14.6 Å². The molecule has 2 amide bonds. The number of ether oxygens (including phenoxy) is 2. The molecule has 14 nitrogen and oxygen atoms in total. The van der Waals surface area contributed by atoms with Crippen molar-refractivity contribution >= 4 is 23.2 Å². The van der Waals surface area contributed by atoms with Crippen LogP contribution in [0.4, 0.5) is 11.4 Å². The number of hydrogen-bond acceptors (Lipinski definition) is 10. The molecule has 1 spiro atoms. The lowest BCUT2D eigenvalue weighted by Gasteiger charge is -2.36. The summed E-state index contributed by atoms with van der Waals surface area (Å²) in [6.07, 6.45) is 9.26. The number of benzene rings is 4. The maximum absolute atomic E-state index is 14.5. The van der Waals surface area contributed by atoms with E-state index < -0.39 is 0 Å². The molecule has 4 aromatic carbocycles. The minimum absolute atomic E-state index is 0.110. The number of carbonyl (C=O) groups is 2. The van der Waals surface area contributed by atoms with Crippen LogP contribution in [0.1, 0.15) is 99.4 Å². The summed E-state index contributed by atoms with van der Waals surface area (Å²) < 4.78 is 15.3. The Labute approximate surface area is 400 Å². The standard InChI is InChI=1S/C54H66N10O4/c1-34-10-11-45(62-17-9-14-55-15-18-62)27-49(34)52(65)58-37(4)40-21-42(26-48(24-40)68-8)51-32-64(60-38(51)5)31-43-22-46(63-19-16-56-54(33-63)12-13-54)28-50(35(43)2)53(66)59-36(3)39-20-41(25-47(23-39)67-7)44-29-57-61(6)30-44/h10-11,20-30,32,36-37,55-56H,9,12-19,31,33H2,1-8H3,(H,58,65)(H,59,66)/t36-,37-/m1/s1. The molecule has 2 aliphatic heterocycles. The van der Waals surface area contributed by atoms with Gasteiger partial charge >= 0.3 is 0 Å². The van der Waals surface area contributed by atoms with E-state index in [9.17, 15) is 9.59 Å². The number of rotatable bonds is 14. The molecule has 0 bridgehead atoms. The van der Waals surface area contributed by atoms with Crippen molar-refractivity contribution in [3.8, 4) is 33.8 Å². The third-order valence-corrected chi connectivity index (χ3v) is 14.2. The Morgan fingerprint density at radius 3 is 2.12 bits per heavy atom. The number of methoxy groups -OCH3 is 2. The Hall–Kier alpha value is -6.64. The van der Waals surface area contributed by atoms with Gasteiger partial charge in [0.1, 0.15) is 11.5 Å². The molecule has 1 saturated carbocycles. The van der Waals surface area contributed by atoms with Gasteiger partial charge in [0.2, 0.25) is 0 Å². The van der Waals surface area contributed by atoms with Gasteiger partial charge in [-0.15, -0.1) is 0 Å². The summed E-state index contributed by atoms with van der Waals surface area (Å²) >= 11 is 0. The first-order valence-electron chi connectivity index (χ1n) is 24.0. The molecule has 14 heteroatoms. The zero-order chi connectivity index (χ0) is 47.7. The van der Waals surface area contributed by atoms with Crippen molar-refractivity contribution in [1.29, 1.82) is 0 Å². The van der Waals surface area contributed by atoms with E-state index >= 15 is 0 Å². The van der Waals surface area contributed by atoms with Crippen LogP contribution in [-0.2, 0) is 13.6 Å². The second-order valence-corrected chi connectivity index (χ2v) is 19.1. The molecular weight excluding hydrogens is 853 g/mol. The van der Waals surface area contributed by atoms with E-state index in [1.807, 2.05) is 95.1 Å². The SMILES string of the molecule is COc1cc(-c2cn(Cc3cc(N4CCNC5(CC5)C4)cc(C(=O)N[C@H](C)c4cc(OC)cc(-c5cnn(C)c5)c4)c3C)nc2C)cc([C@@H](C)NC(=O)c2cc(N3CCCNCC3)ccc2C)c1. The normalized spacial score (nSPS) is 16.5. The van der Waals surface area contributed by atoms with E-state index in [-0.39, 0.29) is 29.4 Å². The molecule has 3 fully saturated rings. The lowest BCUT2D eigenvalue weighted by molar-refractivity contribution is 0.0930. The Morgan fingerprint density at radius 1 is 0.750 bits per heavy atom. The number of aryl methyl sites for hydroxylation is 3. The lowest BCUT2D eigenvalue weighted by Crippen LogP contribution is -2.52. The minimum Gasteiger partial charge on any atom is -0.497 e. The molecule has 4 N–H and O–H groups in total. The second-order valence-electron chi connectivity index (χ2n) is 19.1. The van der Waals surface area contributed by atoms with E-state index in [2.05, 4.69) is 72.7 Å².